The Kier molecular flexibility index (Phi) is 3.91. The molecular weight excluding hydrogens is 250 g/mol. The van der Waals surface area contributed by atoms with Crippen LogP contribution in [0.3, 0.4) is 0 Å². The van der Waals surface area contributed by atoms with Crippen molar-refractivity contribution >= 4 is 17.0 Å². The molecule has 0 fully saturated rings. The van der Waals surface area contributed by atoms with Gasteiger partial charge < -0.3 is 15.5 Å². The summed E-state index contributed by atoms with van der Waals surface area (Å²) in [6.45, 7) is 1.82. The first-order valence-corrected chi connectivity index (χ1v) is 5.95. The Morgan fingerprint density at radius 3 is 3.16 bits per heavy atom. The maximum atomic E-state index is 11.6. The van der Waals surface area contributed by atoms with Crippen LogP contribution < -0.4 is 11.3 Å². The number of nitrogens with zero attached hydrogens (tertiary/aromatic N) is 3. The van der Waals surface area contributed by atoms with Crippen LogP contribution in [-0.4, -0.2) is 31.8 Å². The highest BCUT2D eigenvalue weighted by Gasteiger charge is 2.15. The maximum absolute atomic E-state index is 11.6. The van der Waals surface area contributed by atoms with Gasteiger partial charge in [-0.2, -0.15) is 5.10 Å². The molecule has 2 rings (SSSR count). The Morgan fingerprint density at radius 1 is 1.63 bits per heavy atom. The SMILES string of the molecule is CCC[C@H](N)C(=O)OCn1ncc2c(=O)[nH]cnc21. The van der Waals surface area contributed by atoms with Crippen LogP contribution in [-0.2, 0) is 16.3 Å². The number of nitrogens with two attached hydrogens (primary N) is 1. The van der Waals surface area contributed by atoms with Crippen molar-refractivity contribution in [1.29, 1.82) is 0 Å². The second kappa shape index (κ2) is 5.61. The van der Waals surface area contributed by atoms with E-state index in [2.05, 4.69) is 15.1 Å². The van der Waals surface area contributed by atoms with Gasteiger partial charge in [0.05, 0.1) is 12.5 Å². The predicted octanol–water partition coefficient (Wildman–Crippen LogP) is -0.252. The van der Waals surface area contributed by atoms with E-state index < -0.39 is 12.0 Å². The quantitative estimate of drug-likeness (QED) is 0.720. The molecule has 0 bridgehead atoms. The zero-order valence-electron chi connectivity index (χ0n) is 10.5. The van der Waals surface area contributed by atoms with Crippen molar-refractivity contribution in [2.24, 2.45) is 5.73 Å². The lowest BCUT2D eigenvalue weighted by atomic mass is 10.2. The number of carbonyl (C=O) groups is 1. The van der Waals surface area contributed by atoms with E-state index in [9.17, 15) is 9.59 Å². The minimum Gasteiger partial charge on any atom is -0.441 e. The molecule has 0 unspecified atom stereocenters. The molecule has 0 aliphatic heterocycles. The average Bonchev–Trinajstić information content (AvgIpc) is 2.81. The van der Waals surface area contributed by atoms with Crippen molar-refractivity contribution in [3.8, 4) is 0 Å². The number of ether oxygens (including phenoxy) is 1. The molecule has 0 saturated carbocycles. The molecule has 8 heteroatoms. The van der Waals surface area contributed by atoms with Crippen LogP contribution in [0.4, 0.5) is 0 Å². The third-order valence-electron chi connectivity index (χ3n) is 2.67. The molecule has 0 saturated heterocycles. The molecule has 1 atom stereocenters. The number of rotatable bonds is 5. The molecule has 0 aliphatic rings. The third-order valence-corrected chi connectivity index (χ3v) is 2.67. The maximum Gasteiger partial charge on any atom is 0.324 e. The van der Waals surface area contributed by atoms with Crippen molar-refractivity contribution in [1.82, 2.24) is 19.7 Å². The summed E-state index contributed by atoms with van der Waals surface area (Å²) in [4.78, 5) is 29.4. The molecule has 0 aliphatic carbocycles. The largest absolute Gasteiger partial charge is 0.441 e. The van der Waals surface area contributed by atoms with Gasteiger partial charge in [-0.3, -0.25) is 9.59 Å². The molecule has 2 heterocycles. The first-order valence-electron chi connectivity index (χ1n) is 5.95. The van der Waals surface area contributed by atoms with E-state index in [0.717, 1.165) is 6.42 Å². The first-order chi connectivity index (χ1) is 9.13. The van der Waals surface area contributed by atoms with Crippen molar-refractivity contribution in [2.45, 2.75) is 32.5 Å². The third kappa shape index (κ3) is 2.79. The van der Waals surface area contributed by atoms with Gasteiger partial charge in [-0.25, -0.2) is 9.67 Å². The fourth-order valence-electron chi connectivity index (χ4n) is 1.66. The number of aromatic nitrogens is 4. The minimum atomic E-state index is -0.636. The summed E-state index contributed by atoms with van der Waals surface area (Å²) >= 11 is 0. The molecular formula is C11H15N5O3. The second-order valence-electron chi connectivity index (χ2n) is 4.10. The molecule has 2 aromatic rings. The number of H-pyrrole nitrogens is 1. The van der Waals surface area contributed by atoms with Gasteiger partial charge in [0, 0.05) is 0 Å². The second-order valence-corrected chi connectivity index (χ2v) is 4.10. The lowest BCUT2D eigenvalue weighted by molar-refractivity contribution is -0.149. The number of hydrogen-bond donors (Lipinski definition) is 2. The van der Waals surface area contributed by atoms with E-state index in [1.54, 1.807) is 0 Å². The number of nitrogens with one attached hydrogen (secondary N) is 1. The fraction of sp³-hybridized carbons (Fsp3) is 0.455. The van der Waals surface area contributed by atoms with Gasteiger partial charge in [0.15, 0.2) is 12.4 Å². The zero-order valence-corrected chi connectivity index (χ0v) is 10.5. The van der Waals surface area contributed by atoms with E-state index in [4.69, 9.17) is 10.5 Å². The topological polar surface area (TPSA) is 116 Å². The first kappa shape index (κ1) is 13.2. The lowest BCUT2D eigenvalue weighted by Gasteiger charge is -2.10. The predicted molar refractivity (Wildman–Crippen MR) is 67.1 cm³/mol. The standard InChI is InChI=1S/C11H15N5O3/c1-2-3-8(12)11(18)19-6-16-9-7(4-15-16)10(17)14-5-13-9/h4-5,8H,2-3,6,12H2,1H3,(H,13,14,17)/t8-/m0/s1. The summed E-state index contributed by atoms with van der Waals surface area (Å²) in [6, 6.07) is -0.636. The van der Waals surface area contributed by atoms with Gasteiger partial charge in [-0.1, -0.05) is 13.3 Å². The van der Waals surface area contributed by atoms with E-state index in [-0.39, 0.29) is 12.3 Å². The molecule has 0 aromatic carbocycles. The molecule has 3 N–H and O–H groups in total. The summed E-state index contributed by atoms with van der Waals surface area (Å²) in [5, 5.41) is 4.29. The normalized spacial score (nSPS) is 12.5. The van der Waals surface area contributed by atoms with Crippen molar-refractivity contribution in [2.75, 3.05) is 0 Å². The zero-order chi connectivity index (χ0) is 13.8. The van der Waals surface area contributed by atoms with Gasteiger partial charge in [0.1, 0.15) is 11.4 Å². The smallest absolute Gasteiger partial charge is 0.324 e. The summed E-state index contributed by atoms with van der Waals surface area (Å²) in [5.41, 5.74) is 5.70. The minimum absolute atomic E-state index is 0.115. The number of esters is 1. The van der Waals surface area contributed by atoms with Gasteiger partial charge in [-0.15, -0.1) is 0 Å². The molecule has 0 amide bonds. The molecule has 19 heavy (non-hydrogen) atoms. The molecule has 2 aromatic heterocycles. The summed E-state index contributed by atoms with van der Waals surface area (Å²) in [6.07, 6.45) is 4.02. The Labute approximate surface area is 108 Å². The summed E-state index contributed by atoms with van der Waals surface area (Å²) < 4.78 is 6.37. The van der Waals surface area contributed by atoms with E-state index in [1.807, 2.05) is 6.92 Å². The van der Waals surface area contributed by atoms with E-state index in [1.165, 1.54) is 17.2 Å². The van der Waals surface area contributed by atoms with Crippen molar-refractivity contribution in [3.63, 3.8) is 0 Å². The van der Waals surface area contributed by atoms with Crippen LogP contribution in [0.2, 0.25) is 0 Å². The van der Waals surface area contributed by atoms with E-state index in [0.29, 0.717) is 17.5 Å². The van der Waals surface area contributed by atoms with Gasteiger partial charge in [0.25, 0.3) is 5.56 Å². The molecule has 102 valence electrons. The van der Waals surface area contributed by atoms with Crippen LogP contribution in [0.15, 0.2) is 17.3 Å². The van der Waals surface area contributed by atoms with Crippen LogP contribution in [0.25, 0.3) is 11.0 Å². The highest BCUT2D eigenvalue weighted by molar-refractivity contribution is 5.75. The highest BCUT2D eigenvalue weighted by atomic mass is 16.5. The van der Waals surface area contributed by atoms with Crippen molar-refractivity contribution in [3.05, 3.63) is 22.9 Å². The van der Waals surface area contributed by atoms with Gasteiger partial charge >= 0.3 is 5.97 Å². The Hall–Kier alpha value is -2.22. The van der Waals surface area contributed by atoms with Gasteiger partial charge in [-0.05, 0) is 6.42 Å². The Bertz CT molecular complexity index is 633. The van der Waals surface area contributed by atoms with Crippen LogP contribution in [0.1, 0.15) is 19.8 Å². The Balaban J connectivity index is 2.08. The number of carbonyl (C=O) groups excluding carboxylic acids is 1. The van der Waals surface area contributed by atoms with E-state index >= 15 is 0 Å². The van der Waals surface area contributed by atoms with Crippen LogP contribution >= 0.6 is 0 Å². The Morgan fingerprint density at radius 2 is 2.42 bits per heavy atom. The molecule has 0 radical (unpaired) electrons. The summed E-state index contributed by atoms with van der Waals surface area (Å²) in [5.74, 6) is -0.490. The van der Waals surface area contributed by atoms with Crippen LogP contribution in [0, 0.1) is 0 Å². The van der Waals surface area contributed by atoms with Crippen molar-refractivity contribution < 1.29 is 9.53 Å². The number of aromatic amines is 1. The summed E-state index contributed by atoms with van der Waals surface area (Å²) in [7, 11) is 0. The number of hydrogen-bond acceptors (Lipinski definition) is 6. The van der Waals surface area contributed by atoms with Gasteiger partial charge in [0.2, 0.25) is 0 Å². The molecule has 0 spiro atoms. The average molecular weight is 265 g/mol. The molecule has 8 nitrogen and oxygen atoms in total. The fourth-order valence-corrected chi connectivity index (χ4v) is 1.66. The monoisotopic (exact) mass is 265 g/mol. The lowest BCUT2D eigenvalue weighted by Crippen LogP contribution is -2.32. The number of fused-ring (bicyclic) bond motifs is 1. The highest BCUT2D eigenvalue weighted by Crippen LogP contribution is 2.05. The van der Waals surface area contributed by atoms with Crippen LogP contribution in [0.5, 0.6) is 0 Å².